The Bertz CT molecular complexity index is 698. The van der Waals surface area contributed by atoms with Gasteiger partial charge in [0.15, 0.2) is 0 Å². The molecule has 1 saturated carbocycles. The Kier molecular flexibility index (Phi) is 6.51. The minimum absolute atomic E-state index is 0.0960. The van der Waals surface area contributed by atoms with Crippen LogP contribution in [0.2, 0.25) is 0 Å². The average Bonchev–Trinajstić information content (AvgIpc) is 3.40. The minimum atomic E-state index is -0.716. The second-order valence-electron chi connectivity index (χ2n) is 6.74. The monoisotopic (exact) mass is 338 g/mol. The van der Waals surface area contributed by atoms with Crippen LogP contribution in [0.15, 0.2) is 54.6 Å². The van der Waals surface area contributed by atoms with Gasteiger partial charge < -0.3 is 5.11 Å². The summed E-state index contributed by atoms with van der Waals surface area (Å²) in [6.45, 7) is 3.74. The van der Waals surface area contributed by atoms with E-state index in [1.54, 1.807) is 6.92 Å². The first-order chi connectivity index (χ1) is 11.9. The van der Waals surface area contributed by atoms with E-state index < -0.39 is 5.97 Å². The summed E-state index contributed by atoms with van der Waals surface area (Å²) in [5, 5.41) is 8.44. The maximum atomic E-state index is 11.3. The SMILES string of the molecule is CC(=O)C1(c2ccccc2)CC1.Cc1ccc(CCCC(=O)O)cc1. The number of benzene rings is 2. The quantitative estimate of drug-likeness (QED) is 0.830. The van der Waals surface area contributed by atoms with Gasteiger partial charge in [-0.15, -0.1) is 0 Å². The van der Waals surface area contributed by atoms with Gasteiger partial charge in [-0.05, 0) is 50.7 Å². The summed E-state index contributed by atoms with van der Waals surface area (Å²) < 4.78 is 0. The number of rotatable bonds is 6. The molecule has 1 fully saturated rings. The average molecular weight is 338 g/mol. The number of carboxylic acids is 1. The Morgan fingerprint density at radius 1 is 1.00 bits per heavy atom. The number of carbonyl (C=O) groups excluding carboxylic acids is 1. The number of hydrogen-bond acceptors (Lipinski definition) is 2. The van der Waals surface area contributed by atoms with Crippen molar-refractivity contribution in [3.8, 4) is 0 Å². The summed E-state index contributed by atoms with van der Waals surface area (Å²) >= 11 is 0. The van der Waals surface area contributed by atoms with E-state index in [0.29, 0.717) is 5.78 Å². The molecule has 1 aliphatic carbocycles. The summed E-state index contributed by atoms with van der Waals surface area (Å²) in [6.07, 6.45) is 3.90. The molecule has 1 aliphatic rings. The topological polar surface area (TPSA) is 54.4 Å². The van der Waals surface area contributed by atoms with Crippen molar-refractivity contribution in [1.29, 1.82) is 0 Å². The maximum Gasteiger partial charge on any atom is 0.303 e. The number of Topliss-reactive ketones (excluding diaryl/α,β-unsaturated/α-hetero) is 1. The molecule has 0 heterocycles. The molecule has 3 rings (SSSR count). The molecule has 0 radical (unpaired) electrons. The molecule has 3 nitrogen and oxygen atoms in total. The van der Waals surface area contributed by atoms with Crippen molar-refractivity contribution in [3.05, 3.63) is 71.3 Å². The summed E-state index contributed by atoms with van der Waals surface area (Å²) in [6, 6.07) is 18.3. The molecule has 2 aromatic carbocycles. The summed E-state index contributed by atoms with van der Waals surface area (Å²) in [5.74, 6) is -0.402. The molecular weight excluding hydrogens is 312 g/mol. The molecule has 0 saturated heterocycles. The van der Waals surface area contributed by atoms with Crippen LogP contribution < -0.4 is 0 Å². The largest absolute Gasteiger partial charge is 0.481 e. The number of carbonyl (C=O) groups is 2. The Balaban J connectivity index is 0.000000181. The molecule has 3 heteroatoms. The summed E-state index contributed by atoms with van der Waals surface area (Å²) in [4.78, 5) is 21.6. The van der Waals surface area contributed by atoms with Crippen LogP contribution in [-0.2, 0) is 21.4 Å². The van der Waals surface area contributed by atoms with Gasteiger partial charge in [0.25, 0.3) is 0 Å². The molecule has 1 N–H and O–H groups in total. The van der Waals surface area contributed by atoms with Crippen molar-refractivity contribution in [2.75, 3.05) is 0 Å². The van der Waals surface area contributed by atoms with Crippen LogP contribution >= 0.6 is 0 Å². The lowest BCUT2D eigenvalue weighted by molar-refractivity contribution is -0.137. The van der Waals surface area contributed by atoms with Crippen molar-refractivity contribution in [2.45, 2.75) is 51.4 Å². The standard InChI is InChI=1S/C11H14O2.C11H12O/c1-9-5-7-10(8-6-9)3-2-4-11(12)13;1-9(12)11(7-8-11)10-5-3-2-4-6-10/h5-8H,2-4H2,1H3,(H,12,13);2-6H,7-8H2,1H3. The van der Waals surface area contributed by atoms with Crippen molar-refractivity contribution in [2.24, 2.45) is 0 Å². The Labute approximate surface area is 149 Å². The van der Waals surface area contributed by atoms with Crippen molar-refractivity contribution in [1.82, 2.24) is 0 Å². The second-order valence-corrected chi connectivity index (χ2v) is 6.74. The predicted octanol–water partition coefficient (Wildman–Crippen LogP) is 4.71. The first-order valence-electron chi connectivity index (χ1n) is 8.78. The molecule has 0 aromatic heterocycles. The van der Waals surface area contributed by atoms with E-state index in [0.717, 1.165) is 25.7 Å². The Morgan fingerprint density at radius 2 is 1.60 bits per heavy atom. The van der Waals surface area contributed by atoms with Crippen LogP contribution in [0.1, 0.15) is 49.3 Å². The molecule has 132 valence electrons. The normalized spacial score (nSPS) is 14.2. The predicted molar refractivity (Wildman–Crippen MR) is 99.8 cm³/mol. The third kappa shape index (κ3) is 5.56. The van der Waals surface area contributed by atoms with Gasteiger partial charge in [-0.3, -0.25) is 9.59 Å². The number of ketones is 1. The van der Waals surface area contributed by atoms with E-state index in [2.05, 4.69) is 36.4 Å². The number of carboxylic acid groups (broad SMARTS) is 1. The van der Waals surface area contributed by atoms with Crippen LogP contribution in [0.3, 0.4) is 0 Å². The van der Waals surface area contributed by atoms with Crippen molar-refractivity contribution >= 4 is 11.8 Å². The maximum absolute atomic E-state index is 11.3. The highest BCUT2D eigenvalue weighted by atomic mass is 16.4. The fraction of sp³-hybridized carbons (Fsp3) is 0.364. The van der Waals surface area contributed by atoms with E-state index in [1.807, 2.05) is 25.1 Å². The summed E-state index contributed by atoms with van der Waals surface area (Å²) in [5.41, 5.74) is 3.55. The van der Waals surface area contributed by atoms with Crippen LogP contribution in [0.25, 0.3) is 0 Å². The van der Waals surface area contributed by atoms with Gasteiger partial charge in [0.05, 0.1) is 5.41 Å². The fourth-order valence-electron chi connectivity index (χ4n) is 2.92. The molecule has 0 atom stereocenters. The lowest BCUT2D eigenvalue weighted by atomic mass is 9.92. The zero-order valence-corrected chi connectivity index (χ0v) is 15.0. The van der Waals surface area contributed by atoms with E-state index in [-0.39, 0.29) is 11.8 Å². The van der Waals surface area contributed by atoms with E-state index in [4.69, 9.17) is 5.11 Å². The second kappa shape index (κ2) is 8.61. The third-order valence-corrected chi connectivity index (χ3v) is 4.73. The fourth-order valence-corrected chi connectivity index (χ4v) is 2.92. The molecular formula is C22H26O3. The molecule has 0 unspecified atom stereocenters. The van der Waals surface area contributed by atoms with E-state index in [9.17, 15) is 9.59 Å². The molecule has 0 aliphatic heterocycles. The van der Waals surface area contributed by atoms with E-state index >= 15 is 0 Å². The van der Waals surface area contributed by atoms with Crippen LogP contribution in [0.5, 0.6) is 0 Å². The van der Waals surface area contributed by atoms with E-state index in [1.165, 1.54) is 16.7 Å². The van der Waals surface area contributed by atoms with Crippen LogP contribution in [0, 0.1) is 6.92 Å². The molecule has 0 bridgehead atoms. The zero-order valence-electron chi connectivity index (χ0n) is 15.0. The highest BCUT2D eigenvalue weighted by Gasteiger charge is 2.48. The Morgan fingerprint density at radius 3 is 2.08 bits per heavy atom. The molecule has 2 aromatic rings. The molecule has 25 heavy (non-hydrogen) atoms. The van der Waals surface area contributed by atoms with Gasteiger partial charge in [0.2, 0.25) is 0 Å². The van der Waals surface area contributed by atoms with Crippen LogP contribution in [-0.4, -0.2) is 16.9 Å². The number of hydrogen-bond donors (Lipinski definition) is 1. The smallest absolute Gasteiger partial charge is 0.303 e. The minimum Gasteiger partial charge on any atom is -0.481 e. The lowest BCUT2D eigenvalue weighted by Crippen LogP contribution is -2.16. The number of aryl methyl sites for hydroxylation is 2. The zero-order chi connectivity index (χ0) is 18.3. The molecule has 0 spiro atoms. The highest BCUT2D eigenvalue weighted by molar-refractivity contribution is 5.91. The highest BCUT2D eigenvalue weighted by Crippen LogP contribution is 2.48. The molecule has 0 amide bonds. The van der Waals surface area contributed by atoms with Gasteiger partial charge >= 0.3 is 5.97 Å². The van der Waals surface area contributed by atoms with Gasteiger partial charge in [-0.1, -0.05) is 60.2 Å². The Hall–Kier alpha value is -2.42. The van der Waals surface area contributed by atoms with Gasteiger partial charge in [0, 0.05) is 6.42 Å². The first kappa shape index (κ1) is 18.9. The first-order valence-corrected chi connectivity index (χ1v) is 8.78. The van der Waals surface area contributed by atoms with Gasteiger partial charge in [-0.2, -0.15) is 0 Å². The summed E-state index contributed by atoms with van der Waals surface area (Å²) in [7, 11) is 0. The van der Waals surface area contributed by atoms with Crippen LogP contribution in [0.4, 0.5) is 0 Å². The van der Waals surface area contributed by atoms with Crippen molar-refractivity contribution < 1.29 is 14.7 Å². The van der Waals surface area contributed by atoms with Gasteiger partial charge in [-0.25, -0.2) is 0 Å². The third-order valence-electron chi connectivity index (χ3n) is 4.73. The van der Waals surface area contributed by atoms with Crippen molar-refractivity contribution in [3.63, 3.8) is 0 Å². The van der Waals surface area contributed by atoms with Gasteiger partial charge in [0.1, 0.15) is 5.78 Å². The number of aliphatic carboxylic acids is 1. The lowest BCUT2D eigenvalue weighted by Gasteiger charge is -2.10.